The molecule has 0 aromatic carbocycles. The van der Waals surface area contributed by atoms with Crippen molar-refractivity contribution in [1.29, 1.82) is 0 Å². The molecule has 1 aromatic rings. The normalized spacial score (nSPS) is 17.6. The first-order valence-corrected chi connectivity index (χ1v) is 11.1. The minimum atomic E-state index is -3.87. The fraction of sp³-hybridized carbons (Fsp3) is 0.625. The van der Waals surface area contributed by atoms with Gasteiger partial charge in [0.15, 0.2) is 0 Å². The van der Waals surface area contributed by atoms with Gasteiger partial charge in [0.05, 0.1) is 12.2 Å². The second kappa shape index (κ2) is 7.93. The zero-order valence-electron chi connectivity index (χ0n) is 14.7. The van der Waals surface area contributed by atoms with Crippen LogP contribution < -0.4 is 10.0 Å². The summed E-state index contributed by atoms with van der Waals surface area (Å²) >= 11 is 1.32. The van der Waals surface area contributed by atoms with Gasteiger partial charge < -0.3 is 4.74 Å². The number of thiophene rings is 1. The molecule has 2 heterocycles. The molecule has 2 aliphatic rings. The molecule has 1 aliphatic carbocycles. The Labute approximate surface area is 157 Å². The van der Waals surface area contributed by atoms with Crippen LogP contribution in [-0.2, 0) is 27.8 Å². The van der Waals surface area contributed by atoms with Crippen LogP contribution in [-0.4, -0.2) is 44.4 Å². The Hall–Kier alpha value is -1.65. The minimum absolute atomic E-state index is 0.235. The maximum atomic E-state index is 12.4. The van der Waals surface area contributed by atoms with Crippen molar-refractivity contribution in [2.45, 2.75) is 45.4 Å². The third-order valence-corrected chi connectivity index (χ3v) is 7.20. The van der Waals surface area contributed by atoms with Crippen LogP contribution in [0.25, 0.3) is 0 Å². The van der Waals surface area contributed by atoms with Gasteiger partial charge in [0.2, 0.25) is 0 Å². The van der Waals surface area contributed by atoms with E-state index in [0.29, 0.717) is 23.7 Å². The molecule has 1 saturated heterocycles. The highest BCUT2D eigenvalue weighted by Gasteiger charge is 2.30. The number of carbonyl (C=O) groups is 2. The number of rotatable bonds is 5. The summed E-state index contributed by atoms with van der Waals surface area (Å²) in [7, 11) is -3.87. The van der Waals surface area contributed by atoms with E-state index in [1.165, 1.54) is 15.6 Å². The van der Waals surface area contributed by atoms with Crippen LogP contribution in [0.1, 0.15) is 53.4 Å². The first-order chi connectivity index (χ1) is 12.4. The van der Waals surface area contributed by atoms with Crippen molar-refractivity contribution in [3.63, 3.8) is 0 Å². The molecule has 8 nitrogen and oxygen atoms in total. The maximum absolute atomic E-state index is 12.4. The number of anilines is 1. The van der Waals surface area contributed by atoms with Gasteiger partial charge in [-0.1, -0.05) is 0 Å². The van der Waals surface area contributed by atoms with Gasteiger partial charge in [-0.3, -0.25) is 5.32 Å². The van der Waals surface area contributed by atoms with E-state index in [1.807, 2.05) is 4.72 Å². The summed E-state index contributed by atoms with van der Waals surface area (Å²) in [5.41, 5.74) is 1.28. The van der Waals surface area contributed by atoms with Crippen molar-refractivity contribution >= 4 is 38.5 Å². The molecule has 144 valence electrons. The lowest BCUT2D eigenvalue weighted by molar-refractivity contribution is 0.0526. The molecular formula is C16H23N3O5S2. The number of urea groups is 1. The third-order valence-electron chi connectivity index (χ3n) is 4.50. The summed E-state index contributed by atoms with van der Waals surface area (Å²) < 4.78 is 32.8. The van der Waals surface area contributed by atoms with E-state index >= 15 is 0 Å². The van der Waals surface area contributed by atoms with Gasteiger partial charge in [0.1, 0.15) is 5.00 Å². The van der Waals surface area contributed by atoms with Gasteiger partial charge in [0, 0.05) is 18.0 Å². The second-order valence-electron chi connectivity index (χ2n) is 6.30. The standard InChI is InChI=1S/C16H23N3O5S2/c1-2-24-15(20)13-11-7-3-4-8-12(11)25-14(13)17-16(21)18-26(22,23)19-9-5-6-10-19/h2-10H2,1H3,(H2,17,18,21). The molecule has 1 aromatic heterocycles. The molecule has 1 aliphatic heterocycles. The number of esters is 1. The second-order valence-corrected chi connectivity index (χ2v) is 9.08. The van der Waals surface area contributed by atoms with Crippen molar-refractivity contribution in [1.82, 2.24) is 9.03 Å². The first kappa shape index (κ1) is 19.1. The molecule has 26 heavy (non-hydrogen) atoms. The van der Waals surface area contributed by atoms with Crippen LogP contribution in [0.5, 0.6) is 0 Å². The van der Waals surface area contributed by atoms with Crippen LogP contribution >= 0.6 is 11.3 Å². The minimum Gasteiger partial charge on any atom is -0.462 e. The Bertz CT molecular complexity index is 797. The molecule has 0 spiro atoms. The highest BCUT2D eigenvalue weighted by atomic mass is 32.2. The average molecular weight is 402 g/mol. The molecule has 10 heteroatoms. The van der Waals surface area contributed by atoms with E-state index in [0.717, 1.165) is 49.0 Å². The SMILES string of the molecule is CCOC(=O)c1c(NC(=O)NS(=O)(=O)N2CCCC2)sc2c1CCCC2. The van der Waals surface area contributed by atoms with E-state index < -0.39 is 22.2 Å². The number of amides is 2. The van der Waals surface area contributed by atoms with Crippen LogP contribution in [0.3, 0.4) is 0 Å². The van der Waals surface area contributed by atoms with E-state index in [4.69, 9.17) is 4.74 Å². The number of hydrogen-bond donors (Lipinski definition) is 2. The number of nitrogens with zero attached hydrogens (tertiary/aromatic N) is 1. The van der Waals surface area contributed by atoms with Gasteiger partial charge in [-0.25, -0.2) is 14.3 Å². The van der Waals surface area contributed by atoms with Gasteiger partial charge in [-0.2, -0.15) is 12.7 Å². The number of carbonyl (C=O) groups excluding carboxylic acids is 2. The van der Waals surface area contributed by atoms with Gasteiger partial charge >= 0.3 is 22.2 Å². The number of hydrogen-bond acceptors (Lipinski definition) is 6. The largest absolute Gasteiger partial charge is 0.462 e. The topological polar surface area (TPSA) is 105 Å². The fourth-order valence-corrected chi connectivity index (χ4v) is 5.74. The molecule has 0 unspecified atom stereocenters. The summed E-state index contributed by atoms with van der Waals surface area (Å²) in [4.78, 5) is 25.7. The van der Waals surface area contributed by atoms with E-state index in [-0.39, 0.29) is 6.61 Å². The smallest absolute Gasteiger partial charge is 0.341 e. The maximum Gasteiger partial charge on any atom is 0.341 e. The fourth-order valence-electron chi connectivity index (χ4n) is 3.31. The van der Waals surface area contributed by atoms with Crippen molar-refractivity contribution in [3.8, 4) is 0 Å². The molecule has 0 radical (unpaired) electrons. The van der Waals surface area contributed by atoms with Crippen molar-refractivity contribution in [2.24, 2.45) is 0 Å². The highest BCUT2D eigenvalue weighted by molar-refractivity contribution is 7.87. The van der Waals surface area contributed by atoms with Gasteiger partial charge in [0.25, 0.3) is 0 Å². The molecule has 2 amide bonds. The zero-order valence-corrected chi connectivity index (χ0v) is 16.3. The molecule has 3 rings (SSSR count). The van der Waals surface area contributed by atoms with Crippen LogP contribution in [0.4, 0.5) is 9.80 Å². The van der Waals surface area contributed by atoms with Crippen LogP contribution in [0.2, 0.25) is 0 Å². The Balaban J connectivity index is 1.79. The predicted octanol–water partition coefficient (Wildman–Crippen LogP) is 2.27. The number of aryl methyl sites for hydroxylation is 1. The molecule has 0 atom stereocenters. The van der Waals surface area contributed by atoms with E-state index in [1.54, 1.807) is 6.92 Å². The summed E-state index contributed by atoms with van der Waals surface area (Å²) in [5, 5.41) is 2.90. The van der Waals surface area contributed by atoms with E-state index in [9.17, 15) is 18.0 Å². The van der Waals surface area contributed by atoms with Crippen molar-refractivity contribution in [2.75, 3.05) is 25.0 Å². The third kappa shape index (κ3) is 4.02. The number of fused-ring (bicyclic) bond motifs is 1. The molecule has 0 bridgehead atoms. The van der Waals surface area contributed by atoms with Crippen LogP contribution in [0.15, 0.2) is 0 Å². The van der Waals surface area contributed by atoms with Crippen molar-refractivity contribution < 1.29 is 22.7 Å². The first-order valence-electron chi connectivity index (χ1n) is 8.83. The Morgan fingerprint density at radius 1 is 1.15 bits per heavy atom. The zero-order chi connectivity index (χ0) is 18.7. The molecular weight excluding hydrogens is 378 g/mol. The number of nitrogens with one attached hydrogen (secondary N) is 2. The van der Waals surface area contributed by atoms with Gasteiger partial charge in [-0.15, -0.1) is 11.3 Å². The predicted molar refractivity (Wildman–Crippen MR) is 98.8 cm³/mol. The van der Waals surface area contributed by atoms with E-state index in [2.05, 4.69) is 5.32 Å². The summed E-state index contributed by atoms with van der Waals surface area (Å²) in [6.45, 7) is 2.77. The number of ether oxygens (including phenoxy) is 1. The lowest BCUT2D eigenvalue weighted by atomic mass is 9.95. The Morgan fingerprint density at radius 3 is 2.54 bits per heavy atom. The lowest BCUT2D eigenvalue weighted by Gasteiger charge is -2.16. The summed E-state index contributed by atoms with van der Waals surface area (Å²) in [5.74, 6) is -0.482. The monoisotopic (exact) mass is 401 g/mol. The van der Waals surface area contributed by atoms with Crippen molar-refractivity contribution in [3.05, 3.63) is 16.0 Å². The molecule has 2 N–H and O–H groups in total. The molecule has 1 fully saturated rings. The average Bonchev–Trinajstić information content (AvgIpc) is 3.22. The Morgan fingerprint density at radius 2 is 1.85 bits per heavy atom. The quantitative estimate of drug-likeness (QED) is 0.737. The van der Waals surface area contributed by atoms with Crippen LogP contribution in [0, 0.1) is 0 Å². The summed E-state index contributed by atoms with van der Waals surface area (Å²) in [6, 6.07) is -0.860. The summed E-state index contributed by atoms with van der Waals surface area (Å²) in [6.07, 6.45) is 5.19. The Kier molecular flexibility index (Phi) is 5.83. The highest BCUT2D eigenvalue weighted by Crippen LogP contribution is 2.38. The lowest BCUT2D eigenvalue weighted by Crippen LogP contribution is -2.43. The molecule has 0 saturated carbocycles. The van der Waals surface area contributed by atoms with Gasteiger partial charge in [-0.05, 0) is 51.0 Å².